The van der Waals surface area contributed by atoms with Crippen LogP contribution in [0.4, 0.5) is 18.3 Å². The summed E-state index contributed by atoms with van der Waals surface area (Å²) in [5.74, 6) is -6.35. The fourth-order valence-corrected chi connectivity index (χ4v) is 5.59. The van der Waals surface area contributed by atoms with E-state index in [0.29, 0.717) is 5.75 Å². The molecule has 1 saturated heterocycles. The molecule has 2 aliphatic rings. The van der Waals surface area contributed by atoms with Gasteiger partial charge in [-0.1, -0.05) is 5.16 Å². The summed E-state index contributed by atoms with van der Waals surface area (Å²) in [6, 6.07) is 4.56. The fourth-order valence-electron chi connectivity index (χ4n) is 3.72. The van der Waals surface area contributed by atoms with Crippen LogP contribution in [0.1, 0.15) is 16.1 Å². The Hall–Kier alpha value is -4.65. The zero-order valence-electron chi connectivity index (χ0n) is 21.0. The molecule has 2 aliphatic heterocycles. The van der Waals surface area contributed by atoms with Gasteiger partial charge >= 0.3 is 24.1 Å². The summed E-state index contributed by atoms with van der Waals surface area (Å²) in [6.07, 6.45) is -5.40. The number of carbonyl (C=O) groups excluding carboxylic acids is 4. The number of alkyl halides is 3. The van der Waals surface area contributed by atoms with E-state index in [2.05, 4.69) is 25.0 Å². The molecule has 0 bridgehead atoms. The van der Waals surface area contributed by atoms with Gasteiger partial charge in [0.1, 0.15) is 35.2 Å². The largest absolute Gasteiger partial charge is 0.493 e. The first-order chi connectivity index (χ1) is 19.8. The number of fused-ring (bicyclic) bond motifs is 1. The molecule has 2 aromatic rings. The molecule has 42 heavy (non-hydrogen) atoms. The van der Waals surface area contributed by atoms with Gasteiger partial charge in [-0.2, -0.15) is 13.2 Å². The first-order valence-corrected chi connectivity index (χ1v) is 13.3. The number of β-lactam (4-membered cyclic amide) rings is 1. The van der Waals surface area contributed by atoms with Gasteiger partial charge < -0.3 is 30.5 Å². The minimum Gasteiger partial charge on any atom is -0.489 e. The molecule has 14 nitrogen and oxygen atoms in total. The number of carbonyl (C=O) groups is 5. The maximum Gasteiger partial charge on any atom is 0.493 e. The van der Waals surface area contributed by atoms with Gasteiger partial charge in [-0.05, 0) is 24.3 Å². The number of nitrogens with one attached hydrogen (secondary N) is 1. The van der Waals surface area contributed by atoms with Crippen molar-refractivity contribution in [2.45, 2.75) is 17.6 Å². The lowest BCUT2D eigenvalue weighted by atomic mass is 10.0. The lowest BCUT2D eigenvalue weighted by Gasteiger charge is -2.49. The molecule has 0 saturated carbocycles. The molecule has 4 N–H and O–H groups in total. The van der Waals surface area contributed by atoms with E-state index in [4.69, 9.17) is 10.5 Å². The average molecular weight is 630 g/mol. The second kappa shape index (κ2) is 12.1. The Bertz CT molecular complexity index is 1510. The number of carboxylic acid groups (broad SMARTS) is 1. The zero-order chi connectivity index (χ0) is 30.8. The molecule has 1 aromatic heterocycles. The molecule has 1 fully saturated rings. The van der Waals surface area contributed by atoms with Crippen molar-refractivity contribution in [3.05, 3.63) is 52.2 Å². The molecular weight excluding hydrogens is 611 g/mol. The van der Waals surface area contributed by atoms with Crippen molar-refractivity contribution >= 4 is 63.7 Å². The van der Waals surface area contributed by atoms with Crippen molar-refractivity contribution in [2.75, 3.05) is 25.2 Å². The Morgan fingerprint density at radius 1 is 1.24 bits per heavy atom. The topological polar surface area (TPSA) is 200 Å². The normalized spacial score (nSPS) is 18.5. The number of oxime groups is 1. The second-order valence-electron chi connectivity index (χ2n) is 8.31. The van der Waals surface area contributed by atoms with Crippen molar-refractivity contribution in [1.29, 1.82) is 0 Å². The summed E-state index contributed by atoms with van der Waals surface area (Å²) < 4.78 is 47.9. The van der Waals surface area contributed by atoms with Crippen LogP contribution in [0.25, 0.3) is 0 Å². The molecule has 0 spiro atoms. The van der Waals surface area contributed by atoms with Crippen LogP contribution < -0.4 is 15.8 Å². The smallest absolute Gasteiger partial charge is 0.489 e. The summed E-state index contributed by atoms with van der Waals surface area (Å²) in [4.78, 5) is 69.2. The first-order valence-electron chi connectivity index (χ1n) is 11.4. The first kappa shape index (κ1) is 30.3. The Kier molecular flexibility index (Phi) is 8.71. The van der Waals surface area contributed by atoms with Crippen LogP contribution in [0.5, 0.6) is 5.75 Å². The predicted molar refractivity (Wildman–Crippen MR) is 138 cm³/mol. The Morgan fingerprint density at radius 2 is 1.93 bits per heavy atom. The van der Waals surface area contributed by atoms with Crippen LogP contribution in [0.3, 0.4) is 0 Å². The Balaban J connectivity index is 1.48. The molecule has 0 aliphatic carbocycles. The minimum absolute atomic E-state index is 0.0771. The number of nitrogen functional groups attached to an aromatic ring is 1. The van der Waals surface area contributed by atoms with Crippen molar-refractivity contribution in [3.63, 3.8) is 0 Å². The van der Waals surface area contributed by atoms with E-state index in [-0.39, 0.29) is 40.0 Å². The number of hydrogen-bond donors (Lipinski definition) is 3. The number of thioether (sulfide) groups is 1. The fraction of sp³-hybridized carbons (Fsp3) is 0.261. The number of methoxy groups -OCH3 is 1. The van der Waals surface area contributed by atoms with Gasteiger partial charge in [0.15, 0.2) is 10.8 Å². The van der Waals surface area contributed by atoms with Crippen molar-refractivity contribution < 1.29 is 56.6 Å². The molecular formula is C23H18F3N5O9S2. The molecule has 19 heteroatoms. The van der Waals surface area contributed by atoms with Crippen LogP contribution >= 0.6 is 23.1 Å². The van der Waals surface area contributed by atoms with Gasteiger partial charge in [-0.15, -0.1) is 23.1 Å². The van der Waals surface area contributed by atoms with Crippen LogP contribution in [0.2, 0.25) is 0 Å². The summed E-state index contributed by atoms with van der Waals surface area (Å²) in [7, 11) is 1.23. The zero-order valence-corrected chi connectivity index (χ0v) is 22.7. The van der Waals surface area contributed by atoms with Crippen molar-refractivity contribution in [2.24, 2.45) is 5.16 Å². The minimum atomic E-state index is -5.40. The SMILES string of the molecule is COC(=O)c1ccc(OCC2=C(C(=O)O)N3C(=O)C(NC(=O)C(=NOC(=O)C(F)(F)F)c4csc(N)n4)[C@@H]3SC2)cc1. The third-order valence-electron chi connectivity index (χ3n) is 5.66. The van der Waals surface area contributed by atoms with Crippen LogP contribution in [0.15, 0.2) is 46.1 Å². The van der Waals surface area contributed by atoms with Gasteiger partial charge in [0.25, 0.3) is 11.8 Å². The lowest BCUT2D eigenvalue weighted by molar-refractivity contribution is -0.199. The number of nitrogens with two attached hydrogens (primary N) is 1. The summed E-state index contributed by atoms with van der Waals surface area (Å²) in [5.41, 5.74) is 4.48. The number of rotatable bonds is 9. The van der Waals surface area contributed by atoms with Gasteiger partial charge in [0.05, 0.1) is 12.7 Å². The third kappa shape index (κ3) is 6.30. The molecule has 2 atom stereocenters. The predicted octanol–water partition coefficient (Wildman–Crippen LogP) is 1.14. The Labute approximate surface area is 241 Å². The highest BCUT2D eigenvalue weighted by Gasteiger charge is 2.54. The monoisotopic (exact) mass is 629 g/mol. The number of amides is 2. The van der Waals surface area contributed by atoms with Gasteiger partial charge in [0, 0.05) is 16.7 Å². The maximum absolute atomic E-state index is 13.0. The van der Waals surface area contributed by atoms with Gasteiger partial charge in [0.2, 0.25) is 0 Å². The van der Waals surface area contributed by atoms with Crippen LogP contribution in [-0.2, 0) is 28.8 Å². The van der Waals surface area contributed by atoms with E-state index in [1.807, 2.05) is 0 Å². The van der Waals surface area contributed by atoms with Crippen molar-refractivity contribution in [3.8, 4) is 5.75 Å². The highest BCUT2D eigenvalue weighted by Crippen LogP contribution is 2.40. The maximum atomic E-state index is 13.0. The van der Waals surface area contributed by atoms with Gasteiger partial charge in [-0.25, -0.2) is 19.4 Å². The number of aliphatic carboxylic acids is 1. The average Bonchev–Trinajstić information content (AvgIpc) is 3.38. The number of halogens is 3. The molecule has 222 valence electrons. The Morgan fingerprint density at radius 3 is 2.50 bits per heavy atom. The third-order valence-corrected chi connectivity index (χ3v) is 7.67. The standard InChI is InChI=1S/C23H18F3N5O9S2/c1-38-20(36)9-2-4-11(5-3-9)39-6-10-7-41-18-14(17(33)31(18)15(10)19(34)35)29-16(32)13(12-8-42-22(27)28-12)30-40-21(37)23(24,25)26/h2-5,8,14,18H,6-7H2,1H3,(H2,27,28)(H,29,32)(H,34,35)/t14?,18-/m0/s1. The molecule has 1 unspecified atom stereocenters. The number of anilines is 1. The van der Waals surface area contributed by atoms with Crippen LogP contribution in [-0.4, -0.2) is 87.5 Å². The number of nitrogens with zero attached hydrogens (tertiary/aromatic N) is 3. The molecule has 1 aromatic carbocycles. The quantitative estimate of drug-likeness (QED) is 0.118. The number of hydrogen-bond acceptors (Lipinski definition) is 13. The summed E-state index contributed by atoms with van der Waals surface area (Å²) in [5, 5.41) is 15.3. The highest BCUT2D eigenvalue weighted by atomic mass is 32.2. The summed E-state index contributed by atoms with van der Waals surface area (Å²) >= 11 is 1.91. The molecule has 3 heterocycles. The number of benzene rings is 1. The number of ether oxygens (including phenoxy) is 2. The number of esters is 1. The number of carboxylic acids is 1. The van der Waals surface area contributed by atoms with E-state index in [1.165, 1.54) is 36.8 Å². The van der Waals surface area contributed by atoms with E-state index >= 15 is 0 Å². The van der Waals surface area contributed by atoms with E-state index in [1.54, 1.807) is 0 Å². The van der Waals surface area contributed by atoms with E-state index in [0.717, 1.165) is 28.0 Å². The van der Waals surface area contributed by atoms with E-state index in [9.17, 15) is 42.3 Å². The highest BCUT2D eigenvalue weighted by molar-refractivity contribution is 8.00. The van der Waals surface area contributed by atoms with Crippen molar-refractivity contribution in [1.82, 2.24) is 15.2 Å². The van der Waals surface area contributed by atoms with E-state index < -0.39 is 53.0 Å². The molecule has 0 radical (unpaired) electrons. The molecule has 2 amide bonds. The number of thiazole rings is 1. The van der Waals surface area contributed by atoms with Gasteiger partial charge in [-0.3, -0.25) is 14.5 Å². The van der Waals surface area contributed by atoms with Crippen LogP contribution in [0, 0.1) is 0 Å². The second-order valence-corrected chi connectivity index (χ2v) is 10.3. The molecule has 4 rings (SSSR count). The lowest BCUT2D eigenvalue weighted by Crippen LogP contribution is -2.71. The number of aromatic nitrogens is 1. The summed E-state index contributed by atoms with van der Waals surface area (Å²) in [6.45, 7) is -0.216.